The topological polar surface area (TPSA) is 84.3 Å². The Morgan fingerprint density at radius 3 is 2.38 bits per heavy atom. The molecule has 0 fully saturated rings. The van der Waals surface area contributed by atoms with Crippen LogP contribution >= 0.6 is 11.6 Å². The molecule has 0 atom stereocenters. The van der Waals surface area contributed by atoms with Gasteiger partial charge in [-0.15, -0.1) is 0 Å². The third-order valence-electron chi connectivity index (χ3n) is 3.39. The summed E-state index contributed by atoms with van der Waals surface area (Å²) in [6.07, 6.45) is 2.99. The Balaban J connectivity index is 2.05. The van der Waals surface area contributed by atoms with Crippen molar-refractivity contribution in [2.24, 2.45) is 0 Å². The average Bonchev–Trinajstić information content (AvgIpc) is 2.93. The Kier molecular flexibility index (Phi) is 5.98. The first-order chi connectivity index (χ1) is 11.4. The van der Waals surface area contributed by atoms with E-state index in [4.69, 9.17) is 11.6 Å². The summed E-state index contributed by atoms with van der Waals surface area (Å²) in [6, 6.07) is 6.08. The van der Waals surface area contributed by atoms with Crippen LogP contribution in [0, 0.1) is 0 Å². The molecule has 2 rings (SSSR count). The van der Waals surface area contributed by atoms with Crippen LogP contribution in [-0.4, -0.2) is 41.5 Å². The van der Waals surface area contributed by atoms with Crippen LogP contribution in [0.5, 0.6) is 0 Å². The molecular weight excluding hydrogens is 352 g/mol. The van der Waals surface area contributed by atoms with Gasteiger partial charge in [0, 0.05) is 25.0 Å². The number of rotatable bonds is 7. The number of nitrogens with zero attached hydrogens (tertiary/aromatic N) is 3. The van der Waals surface area contributed by atoms with Crippen molar-refractivity contribution in [3.63, 3.8) is 0 Å². The molecule has 1 N–H and O–H groups in total. The van der Waals surface area contributed by atoms with Gasteiger partial charge in [0.1, 0.15) is 6.54 Å². The van der Waals surface area contributed by atoms with Crippen LogP contribution < -0.4 is 5.32 Å². The molecule has 130 valence electrons. The lowest BCUT2D eigenvalue weighted by molar-refractivity contribution is -0.116. The maximum atomic E-state index is 12.4. The van der Waals surface area contributed by atoms with E-state index in [2.05, 4.69) is 10.4 Å². The Bertz CT molecular complexity index is 798. The van der Waals surface area contributed by atoms with Crippen LogP contribution in [-0.2, 0) is 21.4 Å². The van der Waals surface area contributed by atoms with Gasteiger partial charge in [0.2, 0.25) is 15.9 Å². The van der Waals surface area contributed by atoms with E-state index >= 15 is 0 Å². The van der Waals surface area contributed by atoms with Crippen molar-refractivity contribution in [1.82, 2.24) is 14.1 Å². The predicted molar refractivity (Wildman–Crippen MR) is 92.4 cm³/mol. The summed E-state index contributed by atoms with van der Waals surface area (Å²) < 4.78 is 27.6. The number of carbonyl (C=O) groups excluding carboxylic acids is 1. The maximum Gasteiger partial charge on any atom is 0.246 e. The molecule has 7 nitrogen and oxygen atoms in total. The van der Waals surface area contributed by atoms with Crippen LogP contribution in [0.4, 0.5) is 5.69 Å². The molecule has 2 aromatic rings. The summed E-state index contributed by atoms with van der Waals surface area (Å²) in [5.41, 5.74) is 0.511. The number of hydrogen-bond donors (Lipinski definition) is 1. The highest BCUT2D eigenvalue weighted by Crippen LogP contribution is 2.18. The molecule has 0 aliphatic carbocycles. The largest absolute Gasteiger partial charge is 0.324 e. The first-order valence-corrected chi connectivity index (χ1v) is 9.26. The van der Waals surface area contributed by atoms with Gasteiger partial charge in [-0.3, -0.25) is 9.48 Å². The van der Waals surface area contributed by atoms with Crippen LogP contribution in [0.2, 0.25) is 5.02 Å². The van der Waals surface area contributed by atoms with Gasteiger partial charge in [0.15, 0.2) is 0 Å². The van der Waals surface area contributed by atoms with E-state index in [-0.39, 0.29) is 17.3 Å². The van der Waals surface area contributed by atoms with Crippen LogP contribution in [0.15, 0.2) is 41.6 Å². The van der Waals surface area contributed by atoms with Gasteiger partial charge in [-0.25, -0.2) is 8.42 Å². The molecule has 1 amide bonds. The summed E-state index contributed by atoms with van der Waals surface area (Å²) in [7, 11) is -3.50. The van der Waals surface area contributed by atoms with Gasteiger partial charge in [0.05, 0.1) is 16.1 Å². The number of benzene rings is 1. The molecule has 0 bridgehead atoms. The quantitative estimate of drug-likeness (QED) is 0.809. The van der Waals surface area contributed by atoms with Crippen molar-refractivity contribution in [3.8, 4) is 0 Å². The number of carbonyl (C=O) groups is 1. The highest BCUT2D eigenvalue weighted by molar-refractivity contribution is 7.89. The highest BCUT2D eigenvalue weighted by atomic mass is 35.5. The minimum Gasteiger partial charge on any atom is -0.324 e. The second kappa shape index (κ2) is 7.78. The summed E-state index contributed by atoms with van der Waals surface area (Å²) in [4.78, 5) is 12.1. The Morgan fingerprint density at radius 1 is 1.25 bits per heavy atom. The van der Waals surface area contributed by atoms with Crippen LogP contribution in [0.25, 0.3) is 0 Å². The fourth-order valence-corrected chi connectivity index (χ4v) is 3.81. The van der Waals surface area contributed by atoms with Crippen molar-refractivity contribution < 1.29 is 13.2 Å². The lowest BCUT2D eigenvalue weighted by Gasteiger charge is -2.18. The lowest BCUT2D eigenvalue weighted by Crippen LogP contribution is -2.30. The van der Waals surface area contributed by atoms with Gasteiger partial charge in [-0.2, -0.15) is 9.40 Å². The molecule has 1 heterocycles. The molecule has 0 radical (unpaired) electrons. The van der Waals surface area contributed by atoms with Crippen molar-refractivity contribution in [3.05, 3.63) is 41.7 Å². The maximum absolute atomic E-state index is 12.4. The number of anilines is 1. The molecule has 1 aromatic carbocycles. The standard InChI is InChI=1S/C15H19ClN4O3S/c1-3-20(4-2)24(22,23)14-7-5-13(6-8-14)18-15(21)11-19-10-12(16)9-17-19/h5-10H,3-4,11H2,1-2H3,(H,18,21). The van der Waals surface area contributed by atoms with E-state index in [0.717, 1.165) is 0 Å². The normalized spacial score (nSPS) is 11.7. The number of sulfonamides is 1. The monoisotopic (exact) mass is 370 g/mol. The summed E-state index contributed by atoms with van der Waals surface area (Å²) in [5, 5.41) is 7.06. The molecule has 0 aliphatic heterocycles. The molecule has 0 unspecified atom stereocenters. The second-order valence-corrected chi connectivity index (χ2v) is 7.39. The predicted octanol–water partition coefficient (Wildman–Crippen LogP) is 2.21. The molecule has 0 spiro atoms. The van der Waals surface area contributed by atoms with E-state index in [1.165, 1.54) is 27.3 Å². The molecule has 24 heavy (non-hydrogen) atoms. The number of hydrogen-bond acceptors (Lipinski definition) is 4. The zero-order valence-corrected chi connectivity index (χ0v) is 15.0. The van der Waals surface area contributed by atoms with Gasteiger partial charge >= 0.3 is 0 Å². The Morgan fingerprint density at radius 2 is 1.88 bits per heavy atom. The summed E-state index contributed by atoms with van der Waals surface area (Å²) >= 11 is 5.74. The van der Waals surface area contributed by atoms with Crippen molar-refractivity contribution in [2.75, 3.05) is 18.4 Å². The summed E-state index contributed by atoms with van der Waals surface area (Å²) in [5.74, 6) is -0.283. The van der Waals surface area contributed by atoms with E-state index in [1.54, 1.807) is 32.2 Å². The zero-order valence-electron chi connectivity index (χ0n) is 13.4. The van der Waals surface area contributed by atoms with Crippen LogP contribution in [0.3, 0.4) is 0 Å². The van der Waals surface area contributed by atoms with Crippen LogP contribution in [0.1, 0.15) is 13.8 Å². The second-order valence-electron chi connectivity index (χ2n) is 5.02. The lowest BCUT2D eigenvalue weighted by atomic mass is 10.3. The Hall–Kier alpha value is -1.90. The third kappa shape index (κ3) is 4.34. The van der Waals surface area contributed by atoms with Gasteiger partial charge < -0.3 is 5.32 Å². The third-order valence-corrected chi connectivity index (χ3v) is 5.65. The number of aromatic nitrogens is 2. The van der Waals surface area contributed by atoms with Crippen molar-refractivity contribution in [2.45, 2.75) is 25.3 Å². The van der Waals surface area contributed by atoms with Gasteiger partial charge in [0.25, 0.3) is 0 Å². The van der Waals surface area contributed by atoms with Gasteiger partial charge in [-0.05, 0) is 24.3 Å². The van der Waals surface area contributed by atoms with E-state index < -0.39 is 10.0 Å². The minimum absolute atomic E-state index is 0.0201. The Labute approximate surface area is 146 Å². The molecule has 0 aliphatic rings. The number of amides is 1. The number of nitrogens with one attached hydrogen (secondary N) is 1. The van der Waals surface area contributed by atoms with E-state index in [9.17, 15) is 13.2 Å². The molecule has 0 saturated carbocycles. The molecule has 0 saturated heterocycles. The summed E-state index contributed by atoms with van der Waals surface area (Å²) in [6.45, 7) is 4.41. The first-order valence-electron chi connectivity index (χ1n) is 7.44. The fraction of sp³-hybridized carbons (Fsp3) is 0.333. The molecular formula is C15H19ClN4O3S. The first kappa shape index (κ1) is 18.4. The van der Waals surface area contributed by atoms with Crippen molar-refractivity contribution >= 4 is 33.2 Å². The molecule has 9 heteroatoms. The smallest absolute Gasteiger partial charge is 0.246 e. The van der Waals surface area contributed by atoms with E-state index in [1.807, 2.05) is 0 Å². The minimum atomic E-state index is -3.50. The highest BCUT2D eigenvalue weighted by Gasteiger charge is 2.21. The zero-order chi connectivity index (χ0) is 17.7. The van der Waals surface area contributed by atoms with Gasteiger partial charge in [-0.1, -0.05) is 25.4 Å². The SMILES string of the molecule is CCN(CC)S(=O)(=O)c1ccc(NC(=O)Cn2cc(Cl)cn2)cc1. The average molecular weight is 371 g/mol. The van der Waals surface area contributed by atoms with Crippen molar-refractivity contribution in [1.29, 1.82) is 0 Å². The fourth-order valence-electron chi connectivity index (χ4n) is 2.20. The molecule has 1 aromatic heterocycles. The number of halogens is 1. The van der Waals surface area contributed by atoms with E-state index in [0.29, 0.717) is 23.8 Å².